The van der Waals surface area contributed by atoms with Crippen LogP contribution in [0.5, 0.6) is 0 Å². The summed E-state index contributed by atoms with van der Waals surface area (Å²) in [7, 11) is 0. The van der Waals surface area contributed by atoms with Crippen molar-refractivity contribution in [2.75, 3.05) is 10.7 Å². The van der Waals surface area contributed by atoms with E-state index in [2.05, 4.69) is 73.3 Å². The van der Waals surface area contributed by atoms with Crippen LogP contribution in [0.4, 0.5) is 5.69 Å². The summed E-state index contributed by atoms with van der Waals surface area (Å²) in [6.45, 7) is 6.83. The van der Waals surface area contributed by atoms with Gasteiger partial charge in [0.25, 0.3) is 0 Å². The fraction of sp³-hybridized carbons (Fsp3) is 0.481. The number of anilines is 1. The molecule has 0 radical (unpaired) electrons. The number of aliphatic imine (C=N–C) groups is 1. The first kappa shape index (κ1) is 22.9. The van der Waals surface area contributed by atoms with E-state index in [0.29, 0.717) is 12.0 Å². The van der Waals surface area contributed by atoms with Crippen LogP contribution in [0.25, 0.3) is 0 Å². The third kappa shape index (κ3) is 5.37. The van der Waals surface area contributed by atoms with E-state index in [1.807, 2.05) is 4.90 Å². The predicted molar refractivity (Wildman–Crippen MR) is 136 cm³/mol. The Labute approximate surface area is 197 Å². The number of thioether (sulfide) groups is 1. The number of hydrogen-bond acceptors (Lipinski definition) is 3. The molecule has 0 bridgehead atoms. The predicted octanol–water partition coefficient (Wildman–Crippen LogP) is 6.43. The molecule has 1 saturated heterocycles. The molecule has 1 heterocycles. The van der Waals surface area contributed by atoms with Crippen molar-refractivity contribution in [1.82, 2.24) is 4.90 Å². The number of amidine groups is 1. The van der Waals surface area contributed by atoms with Crippen LogP contribution in [0.15, 0.2) is 59.6 Å². The SMILES string of the molecule is CC(=O)N(c1ccc(C(C)C)cc1)C1CSC(=NC2CCCCC2)N1Cc1ccccc1. The summed E-state index contributed by atoms with van der Waals surface area (Å²) in [5.41, 5.74) is 3.50. The summed E-state index contributed by atoms with van der Waals surface area (Å²) >= 11 is 1.80. The molecule has 4 rings (SSSR count). The van der Waals surface area contributed by atoms with Crippen molar-refractivity contribution in [2.45, 2.75) is 77.5 Å². The van der Waals surface area contributed by atoms with Crippen LogP contribution in [0, 0.1) is 0 Å². The van der Waals surface area contributed by atoms with Gasteiger partial charge in [-0.1, -0.05) is 87.3 Å². The smallest absolute Gasteiger partial charge is 0.225 e. The summed E-state index contributed by atoms with van der Waals surface area (Å²) in [5.74, 6) is 1.38. The van der Waals surface area contributed by atoms with Gasteiger partial charge < -0.3 is 4.90 Å². The van der Waals surface area contributed by atoms with Crippen molar-refractivity contribution < 1.29 is 4.79 Å². The van der Waals surface area contributed by atoms with Gasteiger partial charge in [-0.05, 0) is 42.0 Å². The van der Waals surface area contributed by atoms with Crippen LogP contribution in [-0.4, -0.2) is 33.9 Å². The Morgan fingerprint density at radius 3 is 2.38 bits per heavy atom. The third-order valence-corrected chi connectivity index (χ3v) is 7.57. The van der Waals surface area contributed by atoms with Crippen molar-refractivity contribution >= 4 is 28.5 Å². The topological polar surface area (TPSA) is 35.9 Å². The Kier molecular flexibility index (Phi) is 7.56. The molecule has 1 amide bonds. The average molecular weight is 450 g/mol. The van der Waals surface area contributed by atoms with Gasteiger partial charge in [-0.15, -0.1) is 0 Å². The molecular formula is C27H35N3OS. The Bertz CT molecular complexity index is 920. The normalized spacial score (nSPS) is 20.8. The quantitative estimate of drug-likeness (QED) is 0.510. The van der Waals surface area contributed by atoms with E-state index in [4.69, 9.17) is 4.99 Å². The summed E-state index contributed by atoms with van der Waals surface area (Å²) in [6.07, 6.45) is 6.20. The number of carbonyl (C=O) groups is 1. The van der Waals surface area contributed by atoms with Gasteiger partial charge in [0.15, 0.2) is 5.17 Å². The van der Waals surface area contributed by atoms with E-state index in [0.717, 1.165) is 23.2 Å². The zero-order valence-corrected chi connectivity index (χ0v) is 20.4. The minimum Gasteiger partial charge on any atom is -0.325 e. The van der Waals surface area contributed by atoms with E-state index in [9.17, 15) is 4.79 Å². The van der Waals surface area contributed by atoms with Gasteiger partial charge in [0, 0.05) is 24.9 Å². The molecule has 2 aromatic rings. The molecule has 170 valence electrons. The fourth-order valence-electron chi connectivity index (χ4n) is 4.68. The number of rotatable bonds is 6. The van der Waals surface area contributed by atoms with Gasteiger partial charge in [-0.2, -0.15) is 0 Å². The minimum atomic E-state index is -0.0371. The van der Waals surface area contributed by atoms with Crippen LogP contribution < -0.4 is 4.90 Å². The maximum absolute atomic E-state index is 12.9. The lowest BCUT2D eigenvalue weighted by Gasteiger charge is -2.35. The zero-order valence-electron chi connectivity index (χ0n) is 19.5. The van der Waals surface area contributed by atoms with Crippen molar-refractivity contribution in [2.24, 2.45) is 4.99 Å². The molecule has 4 nitrogen and oxygen atoms in total. The number of benzene rings is 2. The Morgan fingerprint density at radius 2 is 1.75 bits per heavy atom. The lowest BCUT2D eigenvalue weighted by molar-refractivity contribution is -0.117. The highest BCUT2D eigenvalue weighted by Gasteiger charge is 2.37. The highest BCUT2D eigenvalue weighted by atomic mass is 32.2. The second-order valence-corrected chi connectivity index (χ2v) is 10.2. The molecule has 0 spiro atoms. The molecule has 1 aliphatic heterocycles. The van der Waals surface area contributed by atoms with Crippen molar-refractivity contribution in [3.63, 3.8) is 0 Å². The Balaban J connectivity index is 1.65. The van der Waals surface area contributed by atoms with Gasteiger partial charge in [-0.25, -0.2) is 0 Å². The minimum absolute atomic E-state index is 0.0371. The van der Waals surface area contributed by atoms with Crippen molar-refractivity contribution in [3.05, 3.63) is 65.7 Å². The van der Waals surface area contributed by atoms with Gasteiger partial charge in [0.1, 0.15) is 6.17 Å². The lowest BCUT2D eigenvalue weighted by atomic mass is 9.96. The molecule has 2 aromatic carbocycles. The number of carbonyl (C=O) groups excluding carboxylic acids is 1. The van der Waals surface area contributed by atoms with E-state index < -0.39 is 0 Å². The fourth-order valence-corrected chi connectivity index (χ4v) is 5.88. The number of nitrogens with zero attached hydrogens (tertiary/aromatic N) is 3. The molecule has 32 heavy (non-hydrogen) atoms. The summed E-state index contributed by atoms with van der Waals surface area (Å²) in [6, 6.07) is 19.4. The standard InChI is InChI=1S/C27H35N3OS/c1-20(2)23-14-16-25(17-15-23)30(21(3)31)26-19-32-27(28-24-12-8-5-9-13-24)29(26)18-22-10-6-4-7-11-22/h4,6-7,10-11,14-17,20,24,26H,5,8-9,12-13,18-19H2,1-3H3. The van der Waals surface area contributed by atoms with Crippen LogP contribution in [0.1, 0.15) is 69.9 Å². The van der Waals surface area contributed by atoms with Gasteiger partial charge in [0.2, 0.25) is 5.91 Å². The van der Waals surface area contributed by atoms with E-state index in [-0.39, 0.29) is 12.1 Å². The molecular weight excluding hydrogens is 414 g/mol. The highest BCUT2D eigenvalue weighted by Crippen LogP contribution is 2.34. The van der Waals surface area contributed by atoms with Gasteiger partial charge >= 0.3 is 0 Å². The Hall–Kier alpha value is -2.27. The molecule has 0 N–H and O–H groups in total. The van der Waals surface area contributed by atoms with E-state index in [1.165, 1.54) is 43.2 Å². The maximum atomic E-state index is 12.9. The average Bonchev–Trinajstić information content (AvgIpc) is 3.17. The molecule has 1 unspecified atom stereocenters. The molecule has 1 aliphatic carbocycles. The maximum Gasteiger partial charge on any atom is 0.225 e. The molecule has 2 aliphatic rings. The van der Waals surface area contributed by atoms with E-state index >= 15 is 0 Å². The first-order chi connectivity index (χ1) is 15.5. The summed E-state index contributed by atoms with van der Waals surface area (Å²) < 4.78 is 0. The highest BCUT2D eigenvalue weighted by molar-refractivity contribution is 8.14. The summed E-state index contributed by atoms with van der Waals surface area (Å²) in [4.78, 5) is 22.4. The van der Waals surface area contributed by atoms with Crippen LogP contribution in [0.3, 0.4) is 0 Å². The second kappa shape index (κ2) is 10.6. The summed E-state index contributed by atoms with van der Waals surface area (Å²) in [5, 5.41) is 1.09. The van der Waals surface area contributed by atoms with Crippen molar-refractivity contribution in [3.8, 4) is 0 Å². The number of hydrogen-bond donors (Lipinski definition) is 0. The first-order valence-electron chi connectivity index (χ1n) is 11.9. The van der Waals surface area contributed by atoms with Crippen LogP contribution in [-0.2, 0) is 11.3 Å². The monoisotopic (exact) mass is 449 g/mol. The third-order valence-electron chi connectivity index (χ3n) is 6.51. The molecule has 5 heteroatoms. The van der Waals surface area contributed by atoms with Gasteiger partial charge in [-0.3, -0.25) is 14.7 Å². The molecule has 2 fully saturated rings. The first-order valence-corrected chi connectivity index (χ1v) is 12.9. The second-order valence-electron chi connectivity index (χ2n) is 9.24. The van der Waals surface area contributed by atoms with Crippen LogP contribution in [0.2, 0.25) is 0 Å². The largest absolute Gasteiger partial charge is 0.325 e. The van der Waals surface area contributed by atoms with Crippen LogP contribution >= 0.6 is 11.8 Å². The lowest BCUT2D eigenvalue weighted by Crippen LogP contribution is -2.49. The zero-order chi connectivity index (χ0) is 22.5. The van der Waals surface area contributed by atoms with E-state index in [1.54, 1.807) is 18.7 Å². The molecule has 1 atom stereocenters. The molecule has 0 aromatic heterocycles. The molecule has 1 saturated carbocycles. The number of amides is 1. The Morgan fingerprint density at radius 1 is 1.06 bits per heavy atom. The van der Waals surface area contributed by atoms with Crippen molar-refractivity contribution in [1.29, 1.82) is 0 Å². The van der Waals surface area contributed by atoms with Gasteiger partial charge in [0.05, 0.1) is 6.04 Å².